The van der Waals surface area contributed by atoms with Crippen LogP contribution in [0.2, 0.25) is 5.02 Å². The monoisotopic (exact) mass is 363 g/mol. The maximum absolute atomic E-state index is 12.0. The van der Waals surface area contributed by atoms with Gasteiger partial charge in [-0.15, -0.1) is 0 Å². The number of methoxy groups -OCH3 is 1. The molecule has 2 heterocycles. The number of hydrogen-bond acceptors (Lipinski definition) is 6. The summed E-state index contributed by atoms with van der Waals surface area (Å²) in [6, 6.07) is 8.25. The van der Waals surface area contributed by atoms with Gasteiger partial charge in [0.15, 0.2) is 0 Å². The van der Waals surface area contributed by atoms with E-state index in [-0.39, 0.29) is 17.8 Å². The summed E-state index contributed by atoms with van der Waals surface area (Å²) in [4.78, 5) is 14.3. The van der Waals surface area contributed by atoms with Crippen molar-refractivity contribution in [2.24, 2.45) is 0 Å². The van der Waals surface area contributed by atoms with Crippen LogP contribution < -0.4 is 20.9 Å². The first kappa shape index (κ1) is 17.7. The summed E-state index contributed by atoms with van der Waals surface area (Å²) in [6.07, 6.45) is 1.35. The zero-order valence-corrected chi connectivity index (χ0v) is 15.0. The minimum absolute atomic E-state index is 0.0739. The Morgan fingerprint density at radius 2 is 2.16 bits per heavy atom. The van der Waals surface area contributed by atoms with E-state index in [1.54, 1.807) is 7.11 Å². The van der Waals surface area contributed by atoms with Crippen LogP contribution >= 0.6 is 11.6 Å². The molecule has 2 aromatic rings. The first-order valence-electron chi connectivity index (χ1n) is 8.20. The van der Waals surface area contributed by atoms with Crippen molar-refractivity contribution in [1.29, 1.82) is 0 Å². The molecule has 2 atom stereocenters. The van der Waals surface area contributed by atoms with Gasteiger partial charge in [0.05, 0.1) is 24.5 Å². The van der Waals surface area contributed by atoms with Crippen molar-refractivity contribution < 1.29 is 4.74 Å². The molecular weight excluding hydrogens is 342 g/mol. The highest BCUT2D eigenvalue weighted by Crippen LogP contribution is 2.27. The molecular formula is C17H22ClN5O2. The van der Waals surface area contributed by atoms with Crippen molar-refractivity contribution in [3.05, 3.63) is 51.4 Å². The molecule has 134 valence electrons. The van der Waals surface area contributed by atoms with Crippen LogP contribution in [0.4, 0.5) is 5.69 Å². The van der Waals surface area contributed by atoms with Crippen molar-refractivity contribution in [2.45, 2.75) is 19.1 Å². The van der Waals surface area contributed by atoms with Crippen molar-refractivity contribution in [3.8, 4) is 5.75 Å². The molecule has 0 amide bonds. The normalized spacial score (nSPS) is 19.4. The number of aromatic amines is 1. The zero-order chi connectivity index (χ0) is 17.8. The van der Waals surface area contributed by atoms with E-state index < -0.39 is 0 Å². The van der Waals surface area contributed by atoms with Crippen molar-refractivity contribution in [2.75, 3.05) is 32.1 Å². The van der Waals surface area contributed by atoms with E-state index in [1.807, 2.05) is 19.1 Å². The van der Waals surface area contributed by atoms with Gasteiger partial charge < -0.3 is 15.4 Å². The number of rotatable bonds is 5. The smallest absolute Gasteiger partial charge is 0.289 e. The number of nitrogens with zero attached hydrogens (tertiary/aromatic N) is 2. The number of ether oxygens (including phenoxy) is 1. The van der Waals surface area contributed by atoms with E-state index in [0.717, 1.165) is 25.4 Å². The van der Waals surface area contributed by atoms with Gasteiger partial charge >= 0.3 is 0 Å². The minimum Gasteiger partial charge on any atom is -0.497 e. The fourth-order valence-corrected chi connectivity index (χ4v) is 3.31. The van der Waals surface area contributed by atoms with Gasteiger partial charge in [-0.25, -0.2) is 5.10 Å². The Hall–Kier alpha value is -2.09. The minimum atomic E-state index is -0.324. The average Bonchev–Trinajstić information content (AvgIpc) is 2.65. The fraction of sp³-hybridized carbons (Fsp3) is 0.412. The van der Waals surface area contributed by atoms with E-state index in [2.05, 4.69) is 37.9 Å². The second-order valence-corrected chi connectivity index (χ2v) is 6.38. The van der Waals surface area contributed by atoms with Gasteiger partial charge in [0.2, 0.25) is 0 Å². The highest BCUT2D eigenvalue weighted by atomic mass is 35.5. The molecule has 0 aliphatic carbocycles. The second kappa shape index (κ2) is 7.86. The molecule has 0 saturated carbocycles. The molecule has 1 fully saturated rings. The topological polar surface area (TPSA) is 82.3 Å². The Morgan fingerprint density at radius 3 is 2.84 bits per heavy atom. The van der Waals surface area contributed by atoms with Crippen molar-refractivity contribution in [3.63, 3.8) is 0 Å². The van der Waals surface area contributed by atoms with Crippen LogP contribution in [0, 0.1) is 0 Å². The molecule has 1 aromatic heterocycles. The van der Waals surface area contributed by atoms with Crippen LogP contribution in [0.25, 0.3) is 0 Å². The lowest BCUT2D eigenvalue weighted by molar-refractivity contribution is 0.128. The fourth-order valence-electron chi connectivity index (χ4n) is 3.12. The Bertz CT molecular complexity index is 764. The number of benzene rings is 1. The van der Waals surface area contributed by atoms with Crippen LogP contribution in [0.15, 0.2) is 35.3 Å². The third-order valence-corrected chi connectivity index (χ3v) is 4.73. The van der Waals surface area contributed by atoms with E-state index in [4.69, 9.17) is 16.3 Å². The van der Waals surface area contributed by atoms with Crippen LogP contribution in [0.3, 0.4) is 0 Å². The molecule has 0 bridgehead atoms. The molecule has 1 aromatic carbocycles. The Balaban J connectivity index is 1.81. The lowest BCUT2D eigenvalue weighted by Crippen LogP contribution is -2.52. The van der Waals surface area contributed by atoms with Gasteiger partial charge in [-0.05, 0) is 24.6 Å². The number of H-pyrrole nitrogens is 1. The van der Waals surface area contributed by atoms with Crippen molar-refractivity contribution >= 4 is 17.3 Å². The molecule has 1 aliphatic rings. The summed E-state index contributed by atoms with van der Waals surface area (Å²) in [5.41, 5.74) is 1.21. The Morgan fingerprint density at radius 1 is 1.40 bits per heavy atom. The molecule has 25 heavy (non-hydrogen) atoms. The van der Waals surface area contributed by atoms with Gasteiger partial charge in [-0.3, -0.25) is 9.69 Å². The average molecular weight is 364 g/mol. The first-order valence-corrected chi connectivity index (χ1v) is 8.58. The summed E-state index contributed by atoms with van der Waals surface area (Å²) >= 11 is 6.11. The van der Waals surface area contributed by atoms with E-state index >= 15 is 0 Å². The lowest BCUT2D eigenvalue weighted by atomic mass is 10.0. The quantitative estimate of drug-likeness (QED) is 0.752. The summed E-state index contributed by atoms with van der Waals surface area (Å²) in [5.74, 6) is 0.834. The maximum atomic E-state index is 12.0. The van der Waals surface area contributed by atoms with Crippen LogP contribution in [-0.4, -0.2) is 48.0 Å². The molecule has 3 rings (SSSR count). The SMILES string of the molecule is COc1ccc(C2CNCCN2C(C)Nc2c(Cl)cn[nH]c2=O)cc1. The van der Waals surface area contributed by atoms with Gasteiger partial charge in [0, 0.05) is 25.7 Å². The molecule has 1 aliphatic heterocycles. The van der Waals surface area contributed by atoms with Gasteiger partial charge in [0.1, 0.15) is 11.4 Å². The summed E-state index contributed by atoms with van der Waals surface area (Å²) in [6.45, 7) is 4.60. The number of anilines is 1. The van der Waals surface area contributed by atoms with Gasteiger partial charge in [-0.2, -0.15) is 5.10 Å². The summed E-state index contributed by atoms with van der Waals surface area (Å²) in [5, 5.41) is 13.1. The third kappa shape index (κ3) is 3.95. The predicted molar refractivity (Wildman–Crippen MR) is 98.3 cm³/mol. The molecule has 7 nitrogen and oxygen atoms in total. The van der Waals surface area contributed by atoms with Crippen LogP contribution in [0.1, 0.15) is 18.5 Å². The van der Waals surface area contributed by atoms with Crippen molar-refractivity contribution in [1.82, 2.24) is 20.4 Å². The zero-order valence-electron chi connectivity index (χ0n) is 14.3. The second-order valence-electron chi connectivity index (χ2n) is 5.97. The summed E-state index contributed by atoms with van der Waals surface area (Å²) in [7, 11) is 1.66. The Kier molecular flexibility index (Phi) is 5.57. The molecule has 2 unspecified atom stereocenters. The maximum Gasteiger partial charge on any atom is 0.289 e. The first-order chi connectivity index (χ1) is 12.1. The molecule has 0 spiro atoms. The Labute approximate surface area is 151 Å². The predicted octanol–water partition coefficient (Wildman–Crippen LogP) is 1.84. The molecule has 0 radical (unpaired) electrons. The summed E-state index contributed by atoms with van der Waals surface area (Å²) < 4.78 is 5.24. The van der Waals surface area contributed by atoms with Gasteiger partial charge in [0.25, 0.3) is 5.56 Å². The highest BCUT2D eigenvalue weighted by Gasteiger charge is 2.28. The highest BCUT2D eigenvalue weighted by molar-refractivity contribution is 6.32. The van der Waals surface area contributed by atoms with Gasteiger partial charge in [-0.1, -0.05) is 23.7 Å². The largest absolute Gasteiger partial charge is 0.497 e. The van der Waals surface area contributed by atoms with Crippen LogP contribution in [-0.2, 0) is 0 Å². The molecule has 1 saturated heterocycles. The number of nitrogens with one attached hydrogen (secondary N) is 3. The van der Waals surface area contributed by atoms with Crippen LogP contribution in [0.5, 0.6) is 5.75 Å². The number of piperazine rings is 1. The van der Waals surface area contributed by atoms with E-state index in [1.165, 1.54) is 11.8 Å². The molecule has 3 N–H and O–H groups in total. The lowest BCUT2D eigenvalue weighted by Gasteiger charge is -2.41. The number of aromatic nitrogens is 2. The van der Waals surface area contributed by atoms with E-state index in [0.29, 0.717) is 10.7 Å². The third-order valence-electron chi connectivity index (χ3n) is 4.45. The number of hydrogen-bond donors (Lipinski definition) is 3. The number of halogens is 1. The van der Waals surface area contributed by atoms with E-state index in [9.17, 15) is 4.79 Å². The standard InChI is InChI=1S/C17H22ClN5O2/c1-11(21-16-14(18)9-20-22-17(16)24)23-8-7-19-10-15(23)12-3-5-13(25-2)6-4-12/h3-6,9,11,15,19H,7-8,10H2,1-2H3,(H,20,21)(H,22,24). The molecule has 8 heteroatoms.